The Labute approximate surface area is 86.7 Å². The van der Waals surface area contributed by atoms with Gasteiger partial charge in [-0.15, -0.1) is 0 Å². The zero-order valence-corrected chi connectivity index (χ0v) is 8.30. The highest BCUT2D eigenvalue weighted by atomic mass is 35.5. The second-order valence-corrected chi connectivity index (χ2v) is 4.28. The van der Waals surface area contributed by atoms with Crippen LogP contribution < -0.4 is 15.2 Å². The molecule has 0 bridgehead atoms. The molecule has 2 aliphatic rings. The van der Waals surface area contributed by atoms with Gasteiger partial charge in [0.15, 0.2) is 11.5 Å². The van der Waals surface area contributed by atoms with E-state index in [4.69, 9.17) is 26.8 Å². The first-order valence-corrected chi connectivity index (χ1v) is 4.95. The summed E-state index contributed by atoms with van der Waals surface area (Å²) in [7, 11) is 0. The maximum atomic E-state index is 6.12. The van der Waals surface area contributed by atoms with Gasteiger partial charge in [0.05, 0.1) is 0 Å². The third-order valence-electron chi connectivity index (χ3n) is 2.76. The van der Waals surface area contributed by atoms with E-state index in [2.05, 4.69) is 0 Å². The molecule has 0 spiro atoms. The topological polar surface area (TPSA) is 44.5 Å². The maximum Gasteiger partial charge on any atom is 0.231 e. The van der Waals surface area contributed by atoms with E-state index in [1.165, 1.54) is 0 Å². The van der Waals surface area contributed by atoms with Crippen LogP contribution in [0.2, 0.25) is 5.02 Å². The lowest BCUT2D eigenvalue weighted by Crippen LogP contribution is -2.19. The highest BCUT2D eigenvalue weighted by molar-refractivity contribution is 6.30. The van der Waals surface area contributed by atoms with Crippen molar-refractivity contribution in [2.75, 3.05) is 6.79 Å². The number of hydrogen-bond donors (Lipinski definition) is 1. The van der Waals surface area contributed by atoms with Gasteiger partial charge in [0, 0.05) is 22.2 Å². The molecule has 0 amide bonds. The fourth-order valence-corrected chi connectivity index (χ4v) is 1.96. The van der Waals surface area contributed by atoms with Crippen LogP contribution in [-0.4, -0.2) is 6.79 Å². The number of halogens is 1. The van der Waals surface area contributed by atoms with Crippen LogP contribution in [0.5, 0.6) is 11.5 Å². The monoisotopic (exact) mass is 211 g/mol. The van der Waals surface area contributed by atoms with Crippen molar-refractivity contribution < 1.29 is 9.47 Å². The molecule has 1 aromatic rings. The van der Waals surface area contributed by atoms with Crippen molar-refractivity contribution in [2.45, 2.75) is 18.4 Å². The molecular formula is C10H10ClNO2. The van der Waals surface area contributed by atoms with Gasteiger partial charge in [-0.05, 0) is 18.9 Å². The summed E-state index contributed by atoms with van der Waals surface area (Å²) in [6, 6.07) is 3.64. The lowest BCUT2D eigenvalue weighted by Gasteiger charge is -2.12. The average molecular weight is 212 g/mol. The first-order chi connectivity index (χ1) is 6.69. The Hall–Kier alpha value is -0.930. The van der Waals surface area contributed by atoms with Crippen molar-refractivity contribution >= 4 is 11.6 Å². The van der Waals surface area contributed by atoms with Crippen LogP contribution in [0.15, 0.2) is 12.1 Å². The summed E-state index contributed by atoms with van der Waals surface area (Å²) < 4.78 is 10.7. The predicted molar refractivity (Wildman–Crippen MR) is 52.7 cm³/mol. The SMILES string of the molecule is NC1(c2cc(Cl)cc3c2OCO3)CC1. The number of benzene rings is 1. The van der Waals surface area contributed by atoms with E-state index in [0.29, 0.717) is 10.8 Å². The standard InChI is InChI=1S/C10H10ClNO2/c11-6-3-7(10(12)1-2-10)9-8(4-6)13-5-14-9/h3-4H,1-2,5,12H2. The molecule has 2 N–H and O–H groups in total. The molecule has 0 atom stereocenters. The molecule has 0 aromatic heterocycles. The third kappa shape index (κ3) is 1.09. The Kier molecular flexibility index (Phi) is 1.53. The van der Waals surface area contributed by atoms with Crippen molar-refractivity contribution in [1.82, 2.24) is 0 Å². The Morgan fingerprint density at radius 2 is 2.07 bits per heavy atom. The van der Waals surface area contributed by atoms with Crippen LogP contribution in [-0.2, 0) is 5.54 Å². The van der Waals surface area contributed by atoms with E-state index >= 15 is 0 Å². The average Bonchev–Trinajstić information content (AvgIpc) is 2.74. The van der Waals surface area contributed by atoms with Crippen LogP contribution in [0.3, 0.4) is 0 Å². The van der Waals surface area contributed by atoms with Crippen LogP contribution in [0.1, 0.15) is 18.4 Å². The Morgan fingerprint density at radius 3 is 2.79 bits per heavy atom. The first-order valence-electron chi connectivity index (χ1n) is 4.58. The molecule has 1 aliphatic carbocycles. The smallest absolute Gasteiger partial charge is 0.231 e. The summed E-state index contributed by atoms with van der Waals surface area (Å²) in [5.74, 6) is 1.48. The minimum atomic E-state index is -0.233. The van der Waals surface area contributed by atoms with Crippen LogP contribution in [0.25, 0.3) is 0 Å². The summed E-state index contributed by atoms with van der Waals surface area (Å²) in [5, 5.41) is 0.654. The number of ether oxygens (including phenoxy) is 2. The summed E-state index contributed by atoms with van der Waals surface area (Å²) in [5.41, 5.74) is 6.87. The highest BCUT2D eigenvalue weighted by Crippen LogP contribution is 2.51. The number of rotatable bonds is 1. The third-order valence-corrected chi connectivity index (χ3v) is 2.98. The van der Waals surface area contributed by atoms with Gasteiger partial charge in [-0.25, -0.2) is 0 Å². The van der Waals surface area contributed by atoms with Gasteiger partial charge in [0.2, 0.25) is 6.79 Å². The first kappa shape index (κ1) is 8.38. The number of hydrogen-bond acceptors (Lipinski definition) is 3. The fraction of sp³-hybridized carbons (Fsp3) is 0.400. The van der Waals surface area contributed by atoms with Gasteiger partial charge in [-0.3, -0.25) is 0 Å². The molecular weight excluding hydrogens is 202 g/mol. The Morgan fingerprint density at radius 1 is 1.29 bits per heavy atom. The van der Waals surface area contributed by atoms with Gasteiger partial charge in [-0.1, -0.05) is 11.6 Å². The molecule has 1 saturated carbocycles. The fourth-order valence-electron chi connectivity index (χ4n) is 1.75. The largest absolute Gasteiger partial charge is 0.454 e. The molecule has 1 fully saturated rings. The van der Waals surface area contributed by atoms with E-state index in [0.717, 1.165) is 24.2 Å². The Balaban J connectivity index is 2.19. The van der Waals surface area contributed by atoms with E-state index < -0.39 is 0 Å². The van der Waals surface area contributed by atoms with Crippen LogP contribution >= 0.6 is 11.6 Å². The number of nitrogens with two attached hydrogens (primary N) is 1. The minimum absolute atomic E-state index is 0.233. The minimum Gasteiger partial charge on any atom is -0.454 e. The summed E-state index contributed by atoms with van der Waals surface area (Å²) in [6.07, 6.45) is 1.98. The van der Waals surface area contributed by atoms with E-state index in [1.54, 1.807) is 6.07 Å². The van der Waals surface area contributed by atoms with Gasteiger partial charge >= 0.3 is 0 Å². The van der Waals surface area contributed by atoms with Gasteiger partial charge in [0.1, 0.15) is 0 Å². The molecule has 3 nitrogen and oxygen atoms in total. The molecule has 0 unspecified atom stereocenters. The van der Waals surface area contributed by atoms with Gasteiger partial charge < -0.3 is 15.2 Å². The molecule has 1 aromatic carbocycles. The summed E-state index contributed by atoms with van der Waals surface area (Å²) in [4.78, 5) is 0. The van der Waals surface area contributed by atoms with Crippen molar-refractivity contribution in [3.8, 4) is 11.5 Å². The van der Waals surface area contributed by atoms with Crippen molar-refractivity contribution in [1.29, 1.82) is 0 Å². The number of fused-ring (bicyclic) bond motifs is 1. The lowest BCUT2D eigenvalue weighted by molar-refractivity contribution is 0.173. The second kappa shape index (κ2) is 2.55. The van der Waals surface area contributed by atoms with E-state index in [-0.39, 0.29) is 12.3 Å². The normalized spacial score (nSPS) is 21.0. The predicted octanol–water partition coefficient (Wildman–Crippen LogP) is 2.02. The van der Waals surface area contributed by atoms with E-state index in [1.807, 2.05) is 6.07 Å². The quantitative estimate of drug-likeness (QED) is 0.773. The van der Waals surface area contributed by atoms with Crippen LogP contribution in [0, 0.1) is 0 Å². The van der Waals surface area contributed by atoms with Gasteiger partial charge in [0.25, 0.3) is 0 Å². The highest BCUT2D eigenvalue weighted by Gasteiger charge is 2.44. The zero-order chi connectivity index (χ0) is 9.76. The van der Waals surface area contributed by atoms with Crippen molar-refractivity contribution in [2.24, 2.45) is 5.73 Å². The van der Waals surface area contributed by atoms with Crippen molar-refractivity contribution in [3.05, 3.63) is 22.7 Å². The Bertz CT molecular complexity index is 401. The van der Waals surface area contributed by atoms with Crippen molar-refractivity contribution in [3.63, 3.8) is 0 Å². The second-order valence-electron chi connectivity index (χ2n) is 3.84. The molecule has 1 heterocycles. The summed E-state index contributed by atoms with van der Waals surface area (Å²) in [6.45, 7) is 0.263. The zero-order valence-electron chi connectivity index (χ0n) is 7.55. The molecule has 1 aliphatic heterocycles. The van der Waals surface area contributed by atoms with Crippen LogP contribution in [0.4, 0.5) is 0 Å². The van der Waals surface area contributed by atoms with E-state index in [9.17, 15) is 0 Å². The lowest BCUT2D eigenvalue weighted by atomic mass is 10.0. The maximum absolute atomic E-state index is 6.12. The van der Waals surface area contributed by atoms with Gasteiger partial charge in [-0.2, -0.15) is 0 Å². The molecule has 14 heavy (non-hydrogen) atoms. The molecule has 0 saturated heterocycles. The molecule has 74 valence electrons. The molecule has 3 rings (SSSR count). The summed E-state index contributed by atoms with van der Waals surface area (Å²) >= 11 is 5.97. The molecule has 0 radical (unpaired) electrons. The molecule has 4 heteroatoms.